The number of aliphatic carboxylic acids is 1. The number of nitrogens with one attached hydrogen (secondary N) is 7. The predicted molar refractivity (Wildman–Crippen MR) is 177 cm³/mol. The van der Waals surface area contributed by atoms with E-state index in [1.165, 1.54) is 13.8 Å². The number of carbonyl (C=O) groups excluding carboxylic acids is 5. The van der Waals surface area contributed by atoms with Gasteiger partial charge >= 0.3 is 5.97 Å². The van der Waals surface area contributed by atoms with Crippen LogP contribution in [0.2, 0.25) is 0 Å². The quantitative estimate of drug-likeness (QED) is 0.175. The minimum absolute atomic E-state index is 0.0480. The van der Waals surface area contributed by atoms with Gasteiger partial charge in [0, 0.05) is 29.3 Å². The molecule has 0 saturated heterocycles. The van der Waals surface area contributed by atoms with Gasteiger partial charge in [-0.1, -0.05) is 32.0 Å². The lowest BCUT2D eigenvalue weighted by Gasteiger charge is -2.27. The molecule has 1 aromatic carbocycles. The average Bonchev–Trinajstić information content (AvgIpc) is 3.68. The molecule has 9 N–H and O–H groups in total. The molecule has 3 heterocycles. The largest absolute Gasteiger partial charge is 0.480 e. The van der Waals surface area contributed by atoms with Crippen molar-refractivity contribution in [3.8, 4) is 0 Å². The molecule has 6 atom stereocenters. The van der Waals surface area contributed by atoms with Crippen LogP contribution in [0.25, 0.3) is 10.9 Å². The van der Waals surface area contributed by atoms with E-state index in [9.17, 15) is 39.0 Å². The van der Waals surface area contributed by atoms with Gasteiger partial charge in [-0.2, -0.15) is 0 Å². The lowest BCUT2D eigenvalue weighted by atomic mass is 10.0. The maximum absolute atomic E-state index is 14.0. The number of benzene rings is 1. The summed E-state index contributed by atoms with van der Waals surface area (Å²) in [6, 6.07) is 3.94. The second-order valence-corrected chi connectivity index (χ2v) is 13.2. The van der Waals surface area contributed by atoms with E-state index in [2.05, 4.69) is 36.6 Å². The first-order valence-electron chi connectivity index (χ1n) is 15.5. The molecule has 4 rings (SSSR count). The molecule has 1 aliphatic rings. The van der Waals surface area contributed by atoms with Crippen LogP contribution in [-0.2, 0) is 30.4 Å². The Hall–Kier alpha value is -4.83. The Morgan fingerprint density at radius 1 is 0.938 bits per heavy atom. The lowest BCUT2D eigenvalue weighted by molar-refractivity contribution is -0.142. The summed E-state index contributed by atoms with van der Waals surface area (Å²) in [4.78, 5) is 85.2. The first-order chi connectivity index (χ1) is 22.7. The Morgan fingerprint density at radius 3 is 2.31 bits per heavy atom. The minimum Gasteiger partial charge on any atom is -0.480 e. The van der Waals surface area contributed by atoms with E-state index >= 15 is 0 Å². The highest BCUT2D eigenvalue weighted by Crippen LogP contribution is 2.31. The van der Waals surface area contributed by atoms with Gasteiger partial charge in [0.15, 0.2) is 0 Å². The van der Waals surface area contributed by atoms with Gasteiger partial charge in [-0.05, 0) is 49.9 Å². The van der Waals surface area contributed by atoms with Crippen molar-refractivity contribution in [2.45, 2.75) is 81.9 Å². The molecule has 258 valence electrons. The van der Waals surface area contributed by atoms with Crippen LogP contribution in [0.4, 0.5) is 0 Å². The van der Waals surface area contributed by atoms with Crippen molar-refractivity contribution in [1.82, 2.24) is 36.6 Å². The fourth-order valence-electron chi connectivity index (χ4n) is 5.26. The van der Waals surface area contributed by atoms with E-state index in [1.807, 2.05) is 26.0 Å². The van der Waals surface area contributed by atoms with Gasteiger partial charge in [0.1, 0.15) is 35.9 Å². The minimum atomic E-state index is -1.53. The molecule has 16 heteroatoms. The second-order valence-electron chi connectivity index (χ2n) is 12.2. The number of H-pyrrole nitrogens is 2. The number of aliphatic hydroxyl groups excluding tert-OH is 1. The number of rotatable bonds is 6. The molecular formula is C32H41N7O8S. The Balaban J connectivity index is 1.79. The number of carbonyl (C=O) groups is 6. The number of para-hydroxylation sites is 1. The van der Waals surface area contributed by atoms with Crippen LogP contribution in [0.1, 0.15) is 50.2 Å². The molecule has 0 radical (unpaired) electrons. The third-order valence-electron chi connectivity index (χ3n) is 7.81. The zero-order valence-electron chi connectivity index (χ0n) is 27.0. The zero-order chi connectivity index (χ0) is 35.1. The normalized spacial score (nSPS) is 23.9. The molecule has 0 bridgehead atoms. The Bertz CT molecular complexity index is 1650. The van der Waals surface area contributed by atoms with Crippen LogP contribution < -0.4 is 26.6 Å². The third-order valence-corrected chi connectivity index (χ3v) is 8.95. The number of hydrogen-bond donors (Lipinski definition) is 9. The molecule has 1 aliphatic heterocycles. The van der Waals surface area contributed by atoms with Crippen molar-refractivity contribution in [2.24, 2.45) is 5.92 Å². The van der Waals surface area contributed by atoms with Crippen LogP contribution >= 0.6 is 11.8 Å². The van der Waals surface area contributed by atoms with Gasteiger partial charge in [-0.15, -0.1) is 11.8 Å². The number of aromatic amines is 2. The zero-order valence-corrected chi connectivity index (χ0v) is 27.8. The van der Waals surface area contributed by atoms with Crippen molar-refractivity contribution < 1.29 is 39.0 Å². The van der Waals surface area contributed by atoms with Crippen LogP contribution in [0.15, 0.2) is 47.6 Å². The summed E-state index contributed by atoms with van der Waals surface area (Å²) in [6.07, 6.45) is 0.311. The van der Waals surface area contributed by atoms with Gasteiger partial charge in [0.05, 0.1) is 11.1 Å². The summed E-state index contributed by atoms with van der Waals surface area (Å²) in [5.41, 5.74) is 1.50. The highest BCUT2D eigenvalue weighted by atomic mass is 32.2. The SMILES string of the molecule is CC(C)C[C@@H]1NC(=O)[C@@H](NC(=O)c2ccc[nH]2)Cc2c([nH]c3ccccc23)SC[C@@H](C(=O)O)NC(=O)[C@H]([C@@H](C)O)NC(=O)[C@@H](C)NC1=O. The van der Waals surface area contributed by atoms with Gasteiger partial charge in [-0.25, -0.2) is 4.79 Å². The first-order valence-corrected chi connectivity index (χ1v) is 16.5. The fourth-order valence-corrected chi connectivity index (χ4v) is 6.37. The van der Waals surface area contributed by atoms with E-state index in [1.54, 1.807) is 30.5 Å². The van der Waals surface area contributed by atoms with Crippen molar-refractivity contribution in [1.29, 1.82) is 0 Å². The number of hydrogen-bond acceptors (Lipinski definition) is 8. The van der Waals surface area contributed by atoms with Gasteiger partial charge in [0.25, 0.3) is 5.91 Å². The van der Waals surface area contributed by atoms with Crippen LogP contribution in [0, 0.1) is 5.92 Å². The van der Waals surface area contributed by atoms with Crippen molar-refractivity contribution in [3.63, 3.8) is 0 Å². The van der Waals surface area contributed by atoms with E-state index in [4.69, 9.17) is 0 Å². The van der Waals surface area contributed by atoms with E-state index in [-0.39, 0.29) is 30.2 Å². The standard InChI is InChI=1S/C32H41N7O8S/c1-15(2)12-22-28(43)34-16(3)26(41)39-25(17(4)40)30(45)37-24(32(46)47)14-48-31-19(18-8-5-6-9-20(18)38-31)13-23(29(44)35-22)36-27(42)21-10-7-11-33-21/h5-11,15-17,22-25,33,38,40H,12-14H2,1-4H3,(H,34,43)(H,35,44)(H,36,42)(H,37,45)(H,39,41)(H,46,47)/t16-,17-,22+,23+,24+,25+/m1/s1. The van der Waals surface area contributed by atoms with Crippen LogP contribution in [-0.4, -0.2) is 97.8 Å². The van der Waals surface area contributed by atoms with E-state index in [0.717, 1.165) is 17.1 Å². The van der Waals surface area contributed by atoms with Crippen molar-refractivity contribution in [3.05, 3.63) is 53.9 Å². The molecule has 0 saturated carbocycles. The molecule has 3 aromatic rings. The second kappa shape index (κ2) is 15.8. The van der Waals surface area contributed by atoms with E-state index < -0.39 is 71.8 Å². The first kappa shape index (κ1) is 36.0. The molecule has 5 amide bonds. The molecule has 0 spiro atoms. The highest BCUT2D eigenvalue weighted by Gasteiger charge is 2.34. The summed E-state index contributed by atoms with van der Waals surface area (Å²) in [7, 11) is 0. The summed E-state index contributed by atoms with van der Waals surface area (Å²) in [5, 5.41) is 34.3. The molecule has 0 unspecified atom stereocenters. The summed E-state index contributed by atoms with van der Waals surface area (Å²) < 4.78 is 0. The maximum atomic E-state index is 14.0. The summed E-state index contributed by atoms with van der Waals surface area (Å²) in [5.74, 6) is -5.23. The number of carboxylic acid groups (broad SMARTS) is 1. The Labute approximate surface area is 280 Å². The Kier molecular flexibility index (Phi) is 11.9. The lowest BCUT2D eigenvalue weighted by Crippen LogP contribution is -2.60. The van der Waals surface area contributed by atoms with Gasteiger partial charge in [0.2, 0.25) is 23.6 Å². The molecule has 0 aliphatic carbocycles. The number of aliphatic hydroxyl groups is 1. The molecule has 15 nitrogen and oxygen atoms in total. The molecule has 0 fully saturated rings. The van der Waals surface area contributed by atoms with Gasteiger partial charge < -0.3 is 46.8 Å². The van der Waals surface area contributed by atoms with Crippen LogP contribution in [0.3, 0.4) is 0 Å². The fraction of sp³-hybridized carbons (Fsp3) is 0.438. The van der Waals surface area contributed by atoms with E-state index in [0.29, 0.717) is 16.1 Å². The molecule has 48 heavy (non-hydrogen) atoms. The number of amides is 5. The summed E-state index contributed by atoms with van der Waals surface area (Å²) >= 11 is 1.08. The van der Waals surface area contributed by atoms with Crippen molar-refractivity contribution in [2.75, 3.05) is 5.75 Å². The predicted octanol–water partition coefficient (Wildman–Crippen LogP) is 0.413. The number of carboxylic acids is 1. The summed E-state index contributed by atoms with van der Waals surface area (Å²) in [6.45, 7) is 6.35. The molecule has 2 aromatic heterocycles. The maximum Gasteiger partial charge on any atom is 0.327 e. The average molecular weight is 684 g/mol. The Morgan fingerprint density at radius 2 is 1.67 bits per heavy atom. The van der Waals surface area contributed by atoms with Crippen LogP contribution in [0.5, 0.6) is 0 Å². The topological polar surface area (TPSA) is 235 Å². The smallest absolute Gasteiger partial charge is 0.327 e. The molecular weight excluding hydrogens is 642 g/mol. The number of thioether (sulfide) groups is 1. The van der Waals surface area contributed by atoms with Crippen molar-refractivity contribution >= 4 is 58.2 Å². The third kappa shape index (κ3) is 8.95. The number of aromatic nitrogens is 2. The van der Waals surface area contributed by atoms with Gasteiger partial charge in [-0.3, -0.25) is 24.0 Å². The highest BCUT2D eigenvalue weighted by molar-refractivity contribution is 7.99. The number of fused-ring (bicyclic) bond motifs is 3. The monoisotopic (exact) mass is 683 g/mol.